The van der Waals surface area contributed by atoms with Crippen LogP contribution >= 0.6 is 12.2 Å². The van der Waals surface area contributed by atoms with Crippen molar-refractivity contribution >= 4 is 29.7 Å². The monoisotopic (exact) mass is 333 g/mol. The number of anilines is 1. The van der Waals surface area contributed by atoms with Crippen LogP contribution in [0.4, 0.5) is 5.69 Å². The van der Waals surface area contributed by atoms with E-state index in [1.54, 1.807) is 28.8 Å². The molecule has 0 unspecified atom stereocenters. The Hall–Kier alpha value is -2.48. The summed E-state index contributed by atoms with van der Waals surface area (Å²) in [6, 6.07) is 6.98. The van der Waals surface area contributed by atoms with Crippen LogP contribution in [0, 0.1) is 4.77 Å². The molecule has 0 aliphatic rings. The Morgan fingerprint density at radius 1 is 1.35 bits per heavy atom. The van der Waals surface area contributed by atoms with E-state index in [9.17, 15) is 9.59 Å². The molecule has 0 spiro atoms. The van der Waals surface area contributed by atoms with Crippen LogP contribution in [-0.2, 0) is 29.0 Å². The normalized spacial score (nSPS) is 10.5. The Labute approximate surface area is 138 Å². The fourth-order valence-corrected chi connectivity index (χ4v) is 2.39. The molecular formula is C15H19N5O2S. The van der Waals surface area contributed by atoms with Crippen molar-refractivity contribution in [2.75, 3.05) is 5.32 Å². The number of hydrogen-bond donors (Lipinski definition) is 3. The van der Waals surface area contributed by atoms with E-state index in [4.69, 9.17) is 18.0 Å². The maximum atomic E-state index is 12.2. The number of nitrogens with two attached hydrogens (primary N) is 1. The van der Waals surface area contributed by atoms with Crippen LogP contribution in [0.2, 0.25) is 0 Å². The summed E-state index contributed by atoms with van der Waals surface area (Å²) in [4.78, 5) is 23.0. The van der Waals surface area contributed by atoms with Crippen molar-refractivity contribution in [2.24, 2.45) is 5.73 Å². The first-order chi connectivity index (χ1) is 11.0. The van der Waals surface area contributed by atoms with Crippen LogP contribution in [0.25, 0.3) is 0 Å². The van der Waals surface area contributed by atoms with Gasteiger partial charge in [0.25, 0.3) is 0 Å². The van der Waals surface area contributed by atoms with Gasteiger partial charge >= 0.3 is 0 Å². The molecule has 23 heavy (non-hydrogen) atoms. The molecule has 2 amide bonds. The molecule has 0 radical (unpaired) electrons. The minimum absolute atomic E-state index is 0.105. The van der Waals surface area contributed by atoms with E-state index in [-0.39, 0.29) is 24.8 Å². The number of carbonyl (C=O) groups is 2. The van der Waals surface area contributed by atoms with Crippen LogP contribution in [0.1, 0.15) is 24.7 Å². The van der Waals surface area contributed by atoms with E-state index in [1.165, 1.54) is 0 Å². The largest absolute Gasteiger partial charge is 0.369 e. The van der Waals surface area contributed by atoms with Gasteiger partial charge in [-0.2, -0.15) is 5.10 Å². The molecule has 2 aromatic rings. The number of carbonyl (C=O) groups excluding carboxylic acids is 2. The average molecular weight is 333 g/mol. The molecule has 8 heteroatoms. The first kappa shape index (κ1) is 16.9. The Morgan fingerprint density at radius 3 is 2.65 bits per heavy atom. The summed E-state index contributed by atoms with van der Waals surface area (Å²) in [7, 11) is 0. The van der Waals surface area contributed by atoms with Gasteiger partial charge in [-0.1, -0.05) is 19.1 Å². The van der Waals surface area contributed by atoms with E-state index >= 15 is 0 Å². The Kier molecular flexibility index (Phi) is 5.64. The molecule has 1 aromatic heterocycles. The lowest BCUT2D eigenvalue weighted by atomic mass is 10.1. The van der Waals surface area contributed by atoms with E-state index in [1.807, 2.05) is 6.92 Å². The molecule has 1 heterocycles. The van der Waals surface area contributed by atoms with Crippen molar-refractivity contribution in [2.45, 2.75) is 32.7 Å². The highest BCUT2D eigenvalue weighted by Crippen LogP contribution is 2.10. The predicted octanol–water partition coefficient (Wildman–Crippen LogP) is 1.56. The van der Waals surface area contributed by atoms with Crippen molar-refractivity contribution in [1.29, 1.82) is 0 Å². The lowest BCUT2D eigenvalue weighted by molar-refractivity contribution is -0.118. The summed E-state index contributed by atoms with van der Waals surface area (Å²) in [5.41, 5.74) is 6.59. The second-order valence-electron chi connectivity index (χ2n) is 5.17. The lowest BCUT2D eigenvalue weighted by Crippen LogP contribution is -2.20. The third-order valence-electron chi connectivity index (χ3n) is 3.23. The van der Waals surface area contributed by atoms with Gasteiger partial charge in [0.2, 0.25) is 11.8 Å². The summed E-state index contributed by atoms with van der Waals surface area (Å²) in [6.45, 7) is 2.14. The first-order valence-corrected chi connectivity index (χ1v) is 7.71. The summed E-state index contributed by atoms with van der Waals surface area (Å²) >= 11 is 5.15. The molecule has 0 atom stereocenters. The molecule has 0 aliphatic heterocycles. The van der Waals surface area contributed by atoms with Gasteiger partial charge < -0.3 is 11.1 Å². The Balaban J connectivity index is 2.01. The fourth-order valence-electron chi connectivity index (χ4n) is 2.18. The first-order valence-electron chi connectivity index (χ1n) is 7.30. The standard InChI is InChI=1S/C15H19N5O2S/c1-2-3-13-18-19-15(23)20(13)9-14(22)17-11-6-4-10(5-7-11)8-12(16)21/h4-7H,2-3,8-9H2,1H3,(H2,16,21)(H,17,22)(H,19,23). The summed E-state index contributed by atoms with van der Waals surface area (Å²) < 4.78 is 2.12. The van der Waals surface area contributed by atoms with Crippen molar-refractivity contribution < 1.29 is 9.59 Å². The van der Waals surface area contributed by atoms with Crippen LogP contribution in [0.15, 0.2) is 24.3 Å². The number of nitrogens with zero attached hydrogens (tertiary/aromatic N) is 2. The molecule has 0 bridgehead atoms. The number of rotatable bonds is 7. The maximum Gasteiger partial charge on any atom is 0.244 e. The van der Waals surface area contributed by atoms with Gasteiger partial charge in [-0.15, -0.1) is 0 Å². The number of aromatic nitrogens is 3. The number of H-pyrrole nitrogens is 1. The highest BCUT2D eigenvalue weighted by Gasteiger charge is 2.10. The second-order valence-corrected chi connectivity index (χ2v) is 5.56. The molecule has 7 nitrogen and oxygen atoms in total. The van der Waals surface area contributed by atoms with Crippen LogP contribution in [0.3, 0.4) is 0 Å². The third-order valence-corrected chi connectivity index (χ3v) is 3.54. The fraction of sp³-hybridized carbons (Fsp3) is 0.333. The van der Waals surface area contributed by atoms with Gasteiger partial charge in [0.05, 0.1) is 6.42 Å². The van der Waals surface area contributed by atoms with Gasteiger partial charge in [-0.05, 0) is 36.3 Å². The smallest absolute Gasteiger partial charge is 0.244 e. The zero-order chi connectivity index (χ0) is 16.8. The van der Waals surface area contributed by atoms with Gasteiger partial charge in [-0.25, -0.2) is 0 Å². The summed E-state index contributed by atoms with van der Waals surface area (Å²) in [5.74, 6) is 0.187. The van der Waals surface area contributed by atoms with Crippen LogP contribution in [0.5, 0.6) is 0 Å². The number of amides is 2. The van der Waals surface area contributed by atoms with Gasteiger partial charge in [0, 0.05) is 12.1 Å². The molecular weight excluding hydrogens is 314 g/mol. The molecule has 0 aliphatic carbocycles. The van der Waals surface area contributed by atoms with Crippen molar-refractivity contribution in [3.05, 3.63) is 40.4 Å². The molecule has 1 aromatic carbocycles. The van der Waals surface area contributed by atoms with E-state index in [2.05, 4.69) is 15.5 Å². The van der Waals surface area contributed by atoms with E-state index in [0.29, 0.717) is 10.5 Å². The Morgan fingerprint density at radius 2 is 2.04 bits per heavy atom. The maximum absolute atomic E-state index is 12.2. The summed E-state index contributed by atoms with van der Waals surface area (Å²) in [6.07, 6.45) is 1.85. The molecule has 0 saturated carbocycles. The number of aromatic amines is 1. The van der Waals surface area contributed by atoms with Gasteiger partial charge in [0.15, 0.2) is 4.77 Å². The zero-order valence-corrected chi connectivity index (χ0v) is 13.7. The van der Waals surface area contributed by atoms with Crippen molar-refractivity contribution in [3.8, 4) is 0 Å². The van der Waals surface area contributed by atoms with Crippen molar-refractivity contribution in [1.82, 2.24) is 14.8 Å². The number of aryl methyl sites for hydroxylation is 1. The second kappa shape index (κ2) is 7.68. The topological polar surface area (TPSA) is 106 Å². The Bertz CT molecular complexity index is 748. The van der Waals surface area contributed by atoms with Gasteiger partial charge in [0.1, 0.15) is 12.4 Å². The third kappa shape index (κ3) is 4.75. The SMILES string of the molecule is CCCc1n[nH]c(=S)n1CC(=O)Nc1ccc(CC(N)=O)cc1. The number of nitrogens with one attached hydrogen (secondary N) is 2. The number of benzene rings is 1. The number of hydrogen-bond acceptors (Lipinski definition) is 4. The summed E-state index contributed by atoms with van der Waals surface area (Å²) in [5, 5.41) is 9.63. The quantitative estimate of drug-likeness (QED) is 0.669. The highest BCUT2D eigenvalue weighted by molar-refractivity contribution is 7.71. The molecule has 2 rings (SSSR count). The van der Waals surface area contributed by atoms with Crippen molar-refractivity contribution in [3.63, 3.8) is 0 Å². The highest BCUT2D eigenvalue weighted by atomic mass is 32.1. The molecule has 0 fully saturated rings. The van der Waals surface area contributed by atoms with E-state index in [0.717, 1.165) is 24.2 Å². The molecule has 0 saturated heterocycles. The minimum Gasteiger partial charge on any atom is -0.369 e. The average Bonchev–Trinajstić information content (AvgIpc) is 2.82. The van der Waals surface area contributed by atoms with Gasteiger partial charge in [-0.3, -0.25) is 19.3 Å². The lowest BCUT2D eigenvalue weighted by Gasteiger charge is -2.08. The molecule has 4 N–H and O–H groups in total. The zero-order valence-electron chi connectivity index (χ0n) is 12.8. The molecule has 122 valence electrons. The van der Waals surface area contributed by atoms with E-state index < -0.39 is 0 Å². The van der Waals surface area contributed by atoms with Crippen LogP contribution < -0.4 is 11.1 Å². The minimum atomic E-state index is -0.389. The van der Waals surface area contributed by atoms with Crippen LogP contribution in [-0.4, -0.2) is 26.6 Å². The number of primary amides is 1. The predicted molar refractivity (Wildman–Crippen MR) is 89.4 cm³/mol.